The lowest BCUT2D eigenvalue weighted by Crippen LogP contribution is -2.52. The van der Waals surface area contributed by atoms with E-state index in [0.717, 1.165) is 12.3 Å². The van der Waals surface area contributed by atoms with Crippen molar-refractivity contribution < 1.29 is 22.4 Å². The highest BCUT2D eigenvalue weighted by Crippen LogP contribution is 2.30. The number of amides is 1. The Morgan fingerprint density at radius 2 is 1.91 bits per heavy atom. The van der Waals surface area contributed by atoms with Crippen LogP contribution in [0, 0.1) is 5.82 Å². The van der Waals surface area contributed by atoms with Crippen molar-refractivity contribution in [1.82, 2.24) is 24.9 Å². The Morgan fingerprint density at radius 3 is 2.56 bits per heavy atom. The zero-order valence-electron chi connectivity index (χ0n) is 17.1. The fraction of sp³-hybridized carbons (Fsp3) is 0.333. The molecule has 7 nitrogen and oxygen atoms in total. The summed E-state index contributed by atoms with van der Waals surface area (Å²) in [5.41, 5.74) is -0.345. The van der Waals surface area contributed by atoms with Crippen molar-refractivity contribution in [2.75, 3.05) is 11.9 Å². The van der Waals surface area contributed by atoms with Gasteiger partial charge in [0.25, 0.3) is 5.91 Å². The van der Waals surface area contributed by atoms with E-state index in [1.54, 1.807) is 4.90 Å². The highest BCUT2D eigenvalue weighted by molar-refractivity contribution is 5.98. The molecule has 1 fully saturated rings. The molecule has 1 saturated heterocycles. The second kappa shape index (κ2) is 8.56. The lowest BCUT2D eigenvalue weighted by molar-refractivity contribution is -0.137. The standard InChI is InChI=1S/C21H20F4N6O/c1-13-17(29-19-7-4-14(12-26-19)21(23,24)25)3-2-10-30(13)20(32)16-6-5-15(22)11-18(16)31-27-8-9-28-31/h4-9,11-13,17H,2-3,10H2,1H3,(H,26,29). The third-order valence-electron chi connectivity index (χ3n) is 5.50. The zero-order valence-corrected chi connectivity index (χ0v) is 17.1. The van der Waals surface area contributed by atoms with Crippen molar-refractivity contribution in [2.45, 2.75) is 38.0 Å². The molecule has 2 aromatic heterocycles. The fourth-order valence-corrected chi connectivity index (χ4v) is 3.81. The topological polar surface area (TPSA) is 75.9 Å². The molecule has 0 aliphatic carbocycles. The average Bonchev–Trinajstić information content (AvgIpc) is 3.29. The molecule has 1 aromatic carbocycles. The summed E-state index contributed by atoms with van der Waals surface area (Å²) in [6.45, 7) is 2.34. The molecular formula is C21H20F4N6O. The van der Waals surface area contributed by atoms with E-state index in [2.05, 4.69) is 20.5 Å². The van der Waals surface area contributed by atoms with Crippen LogP contribution in [0.3, 0.4) is 0 Å². The Balaban J connectivity index is 1.54. The number of nitrogens with one attached hydrogen (secondary N) is 1. The molecule has 1 amide bonds. The molecule has 1 aliphatic heterocycles. The first-order valence-corrected chi connectivity index (χ1v) is 10.0. The number of halogens is 4. The van der Waals surface area contributed by atoms with Gasteiger partial charge in [-0.2, -0.15) is 28.2 Å². The molecule has 11 heteroatoms. The molecule has 0 radical (unpaired) electrons. The molecule has 0 saturated carbocycles. The molecule has 2 unspecified atom stereocenters. The smallest absolute Gasteiger partial charge is 0.365 e. The van der Waals surface area contributed by atoms with Crippen LogP contribution in [0.25, 0.3) is 5.69 Å². The minimum absolute atomic E-state index is 0.219. The maximum absolute atomic E-state index is 13.8. The molecule has 32 heavy (non-hydrogen) atoms. The highest BCUT2D eigenvalue weighted by atomic mass is 19.4. The summed E-state index contributed by atoms with van der Waals surface area (Å²) < 4.78 is 52.1. The lowest BCUT2D eigenvalue weighted by Gasteiger charge is -2.40. The van der Waals surface area contributed by atoms with Gasteiger partial charge in [0.2, 0.25) is 0 Å². The number of hydrogen-bond donors (Lipinski definition) is 1. The number of likely N-dealkylation sites (tertiary alicyclic amines) is 1. The van der Waals surface area contributed by atoms with E-state index in [1.807, 2.05) is 6.92 Å². The molecular weight excluding hydrogens is 428 g/mol. The number of alkyl halides is 3. The predicted octanol–water partition coefficient (Wildman–Crippen LogP) is 3.93. The molecule has 2 atom stereocenters. The van der Waals surface area contributed by atoms with E-state index in [0.29, 0.717) is 25.2 Å². The Morgan fingerprint density at radius 1 is 1.16 bits per heavy atom. The fourth-order valence-electron chi connectivity index (χ4n) is 3.81. The van der Waals surface area contributed by atoms with Crippen LogP contribution in [0.4, 0.5) is 23.4 Å². The second-order valence-electron chi connectivity index (χ2n) is 7.54. The lowest BCUT2D eigenvalue weighted by atomic mass is 9.96. The molecule has 0 bridgehead atoms. The number of pyridine rings is 1. The van der Waals surface area contributed by atoms with Crippen LogP contribution in [-0.2, 0) is 6.18 Å². The third-order valence-corrected chi connectivity index (χ3v) is 5.50. The van der Waals surface area contributed by atoms with Gasteiger partial charge in [-0.1, -0.05) is 0 Å². The van der Waals surface area contributed by atoms with Crippen LogP contribution in [0.5, 0.6) is 0 Å². The summed E-state index contributed by atoms with van der Waals surface area (Å²) in [5.74, 6) is -0.530. The second-order valence-corrected chi connectivity index (χ2v) is 7.54. The van der Waals surface area contributed by atoms with Crippen LogP contribution < -0.4 is 5.32 Å². The van der Waals surface area contributed by atoms with Crippen molar-refractivity contribution in [3.05, 3.63) is 65.9 Å². The van der Waals surface area contributed by atoms with Crippen molar-refractivity contribution >= 4 is 11.7 Å². The average molecular weight is 448 g/mol. The Bertz CT molecular complexity index is 1080. The normalized spacial score (nSPS) is 19.1. The maximum Gasteiger partial charge on any atom is 0.417 e. The Labute approximate surface area is 181 Å². The predicted molar refractivity (Wildman–Crippen MR) is 108 cm³/mol. The van der Waals surface area contributed by atoms with Gasteiger partial charge in [0.15, 0.2) is 0 Å². The Hall–Kier alpha value is -3.50. The summed E-state index contributed by atoms with van der Waals surface area (Å²) in [6, 6.07) is 5.54. The minimum Gasteiger partial charge on any atom is -0.365 e. The van der Waals surface area contributed by atoms with Crippen LogP contribution in [0.15, 0.2) is 48.9 Å². The van der Waals surface area contributed by atoms with Crippen molar-refractivity contribution in [3.63, 3.8) is 0 Å². The van der Waals surface area contributed by atoms with Crippen LogP contribution in [0.1, 0.15) is 35.7 Å². The summed E-state index contributed by atoms with van der Waals surface area (Å²) in [6.07, 6.45) is 0.582. The first kappa shape index (κ1) is 21.7. The molecule has 3 heterocycles. The van der Waals surface area contributed by atoms with Crippen LogP contribution in [-0.4, -0.2) is 49.4 Å². The minimum atomic E-state index is -4.46. The molecule has 4 rings (SSSR count). The van der Waals surface area contributed by atoms with Gasteiger partial charge in [0, 0.05) is 30.9 Å². The number of carbonyl (C=O) groups excluding carboxylic acids is 1. The number of piperidine rings is 1. The summed E-state index contributed by atoms with van der Waals surface area (Å²) in [7, 11) is 0. The third kappa shape index (κ3) is 4.41. The van der Waals surface area contributed by atoms with Crippen molar-refractivity contribution in [2.24, 2.45) is 0 Å². The number of carbonyl (C=O) groups is 1. The van der Waals surface area contributed by atoms with Gasteiger partial charge in [-0.15, -0.1) is 0 Å². The van der Waals surface area contributed by atoms with E-state index < -0.39 is 17.6 Å². The largest absolute Gasteiger partial charge is 0.417 e. The van der Waals surface area contributed by atoms with Gasteiger partial charge in [0.1, 0.15) is 17.3 Å². The van der Waals surface area contributed by atoms with Gasteiger partial charge in [-0.05, 0) is 44.0 Å². The number of nitrogens with zero attached hydrogens (tertiary/aromatic N) is 5. The number of anilines is 1. The van der Waals surface area contributed by atoms with Crippen molar-refractivity contribution in [1.29, 1.82) is 0 Å². The monoisotopic (exact) mass is 448 g/mol. The zero-order chi connectivity index (χ0) is 22.9. The quantitative estimate of drug-likeness (QED) is 0.613. The van der Waals surface area contributed by atoms with Gasteiger partial charge >= 0.3 is 6.18 Å². The number of rotatable bonds is 4. The van der Waals surface area contributed by atoms with E-state index in [9.17, 15) is 22.4 Å². The Kier molecular flexibility index (Phi) is 5.81. The van der Waals surface area contributed by atoms with Crippen molar-refractivity contribution in [3.8, 4) is 5.69 Å². The van der Waals surface area contributed by atoms with E-state index >= 15 is 0 Å². The summed E-state index contributed by atoms with van der Waals surface area (Å²) in [5, 5.41) is 11.1. The van der Waals surface area contributed by atoms with E-state index in [1.165, 1.54) is 41.5 Å². The molecule has 0 spiro atoms. The highest BCUT2D eigenvalue weighted by Gasteiger charge is 2.34. The first-order valence-electron chi connectivity index (χ1n) is 10.0. The molecule has 1 aliphatic rings. The van der Waals surface area contributed by atoms with Crippen LogP contribution in [0.2, 0.25) is 0 Å². The van der Waals surface area contributed by atoms with E-state index in [4.69, 9.17) is 0 Å². The number of aromatic nitrogens is 4. The van der Waals surface area contributed by atoms with Gasteiger partial charge in [-0.25, -0.2) is 9.37 Å². The molecule has 1 N–H and O–H groups in total. The first-order chi connectivity index (χ1) is 15.2. The summed E-state index contributed by atoms with van der Waals surface area (Å²) in [4.78, 5) is 20.1. The van der Waals surface area contributed by atoms with Gasteiger partial charge in [-0.3, -0.25) is 4.79 Å². The maximum atomic E-state index is 13.8. The number of hydrogen-bond acceptors (Lipinski definition) is 5. The van der Waals surface area contributed by atoms with E-state index in [-0.39, 0.29) is 29.2 Å². The molecule has 3 aromatic rings. The summed E-state index contributed by atoms with van der Waals surface area (Å²) >= 11 is 0. The van der Waals surface area contributed by atoms with Gasteiger partial charge < -0.3 is 10.2 Å². The van der Waals surface area contributed by atoms with Crippen LogP contribution >= 0.6 is 0 Å². The SMILES string of the molecule is CC1C(Nc2ccc(C(F)(F)F)cn2)CCCN1C(=O)c1ccc(F)cc1-n1nccn1. The number of benzene rings is 1. The molecule has 168 valence electrons. The van der Waals surface area contributed by atoms with Gasteiger partial charge in [0.05, 0.1) is 23.5 Å².